The second-order valence-electron chi connectivity index (χ2n) is 4.24. The molecule has 1 aromatic carbocycles. The van der Waals surface area contributed by atoms with Crippen LogP contribution >= 0.6 is 0 Å². The highest BCUT2D eigenvalue weighted by Gasteiger charge is 2.03. The maximum Gasteiger partial charge on any atom is 0.133 e. The standard InChI is InChI=1S/C14H16N2O/c1-10-3-5-12(6-4-10)8-14-15-11(2)7-13(9-17)16-14/h3-7,17H,8-9H2,1-2H3. The van der Waals surface area contributed by atoms with E-state index in [1.165, 1.54) is 11.1 Å². The van der Waals surface area contributed by atoms with Gasteiger partial charge in [-0.2, -0.15) is 0 Å². The number of rotatable bonds is 3. The van der Waals surface area contributed by atoms with Crippen LogP contribution in [0.15, 0.2) is 30.3 Å². The van der Waals surface area contributed by atoms with Crippen LogP contribution in [-0.4, -0.2) is 15.1 Å². The van der Waals surface area contributed by atoms with E-state index in [4.69, 9.17) is 5.11 Å². The summed E-state index contributed by atoms with van der Waals surface area (Å²) in [5.41, 5.74) is 4.01. The summed E-state index contributed by atoms with van der Waals surface area (Å²) in [5.74, 6) is 0.762. The topological polar surface area (TPSA) is 46.0 Å². The molecule has 0 spiro atoms. The number of hydrogen-bond donors (Lipinski definition) is 1. The summed E-state index contributed by atoms with van der Waals surface area (Å²) in [6.07, 6.45) is 0.703. The lowest BCUT2D eigenvalue weighted by Crippen LogP contribution is -2.02. The Morgan fingerprint density at radius 3 is 2.41 bits per heavy atom. The first-order valence-corrected chi connectivity index (χ1v) is 5.67. The second kappa shape index (κ2) is 5.06. The Kier molecular flexibility index (Phi) is 3.49. The molecule has 1 heterocycles. The van der Waals surface area contributed by atoms with Gasteiger partial charge in [0, 0.05) is 12.1 Å². The van der Waals surface area contributed by atoms with Gasteiger partial charge in [-0.05, 0) is 25.5 Å². The normalized spacial score (nSPS) is 10.5. The quantitative estimate of drug-likeness (QED) is 0.875. The molecule has 1 aromatic heterocycles. The van der Waals surface area contributed by atoms with Gasteiger partial charge in [0.1, 0.15) is 5.82 Å². The van der Waals surface area contributed by atoms with Crippen molar-refractivity contribution >= 4 is 0 Å². The molecule has 0 saturated carbocycles. The zero-order valence-electron chi connectivity index (χ0n) is 10.1. The number of aryl methyl sites for hydroxylation is 2. The van der Waals surface area contributed by atoms with Crippen LogP contribution in [0.2, 0.25) is 0 Å². The van der Waals surface area contributed by atoms with Gasteiger partial charge in [-0.25, -0.2) is 9.97 Å². The molecule has 0 atom stereocenters. The van der Waals surface area contributed by atoms with E-state index < -0.39 is 0 Å². The molecule has 2 aromatic rings. The molecule has 2 rings (SSSR count). The molecule has 0 bridgehead atoms. The predicted molar refractivity (Wildman–Crippen MR) is 66.7 cm³/mol. The summed E-state index contributed by atoms with van der Waals surface area (Å²) in [4.78, 5) is 8.69. The monoisotopic (exact) mass is 228 g/mol. The third-order valence-corrected chi connectivity index (χ3v) is 2.60. The minimum Gasteiger partial charge on any atom is -0.390 e. The molecular formula is C14H16N2O. The molecule has 0 amide bonds. The summed E-state index contributed by atoms with van der Waals surface area (Å²) < 4.78 is 0. The maximum atomic E-state index is 9.10. The molecular weight excluding hydrogens is 212 g/mol. The van der Waals surface area contributed by atoms with E-state index in [1.54, 1.807) is 6.07 Å². The van der Waals surface area contributed by atoms with E-state index >= 15 is 0 Å². The van der Waals surface area contributed by atoms with Gasteiger partial charge >= 0.3 is 0 Å². The average Bonchev–Trinajstić information content (AvgIpc) is 2.31. The molecule has 0 unspecified atom stereocenters. The Hall–Kier alpha value is -1.74. The van der Waals surface area contributed by atoms with Gasteiger partial charge < -0.3 is 5.11 Å². The van der Waals surface area contributed by atoms with Gasteiger partial charge in [0.05, 0.1) is 12.3 Å². The van der Waals surface area contributed by atoms with Crippen LogP contribution < -0.4 is 0 Å². The van der Waals surface area contributed by atoms with Crippen LogP contribution in [0.5, 0.6) is 0 Å². The molecule has 0 aliphatic rings. The fourth-order valence-corrected chi connectivity index (χ4v) is 1.75. The molecule has 17 heavy (non-hydrogen) atoms. The summed E-state index contributed by atoms with van der Waals surface area (Å²) >= 11 is 0. The number of aliphatic hydroxyl groups is 1. The molecule has 3 nitrogen and oxygen atoms in total. The smallest absolute Gasteiger partial charge is 0.133 e. The summed E-state index contributed by atoms with van der Waals surface area (Å²) in [7, 11) is 0. The lowest BCUT2D eigenvalue weighted by Gasteiger charge is -2.04. The second-order valence-corrected chi connectivity index (χ2v) is 4.24. The highest BCUT2D eigenvalue weighted by molar-refractivity contribution is 5.24. The largest absolute Gasteiger partial charge is 0.390 e. The lowest BCUT2D eigenvalue weighted by atomic mass is 10.1. The molecule has 0 radical (unpaired) electrons. The summed E-state index contributed by atoms with van der Waals surface area (Å²) in [6.45, 7) is 3.94. The number of hydrogen-bond acceptors (Lipinski definition) is 3. The Bertz CT molecular complexity index is 506. The van der Waals surface area contributed by atoms with Crippen LogP contribution in [0.25, 0.3) is 0 Å². The lowest BCUT2D eigenvalue weighted by molar-refractivity contribution is 0.276. The first-order valence-electron chi connectivity index (χ1n) is 5.67. The fraction of sp³-hybridized carbons (Fsp3) is 0.286. The molecule has 0 fully saturated rings. The van der Waals surface area contributed by atoms with Crippen LogP contribution in [-0.2, 0) is 13.0 Å². The van der Waals surface area contributed by atoms with Crippen molar-refractivity contribution in [1.29, 1.82) is 0 Å². The van der Waals surface area contributed by atoms with Gasteiger partial charge in [-0.1, -0.05) is 29.8 Å². The van der Waals surface area contributed by atoms with E-state index in [0.29, 0.717) is 12.1 Å². The molecule has 1 N–H and O–H groups in total. The van der Waals surface area contributed by atoms with Crippen molar-refractivity contribution in [3.63, 3.8) is 0 Å². The Balaban J connectivity index is 2.23. The highest BCUT2D eigenvalue weighted by atomic mass is 16.3. The van der Waals surface area contributed by atoms with Crippen LogP contribution in [0.3, 0.4) is 0 Å². The first-order chi connectivity index (χ1) is 8.17. The van der Waals surface area contributed by atoms with Crippen LogP contribution in [0, 0.1) is 13.8 Å². The van der Waals surface area contributed by atoms with Gasteiger partial charge in [-0.3, -0.25) is 0 Å². The van der Waals surface area contributed by atoms with E-state index in [2.05, 4.69) is 41.2 Å². The zero-order valence-corrected chi connectivity index (χ0v) is 10.1. The Labute approximate surface area is 101 Å². The van der Waals surface area contributed by atoms with E-state index in [9.17, 15) is 0 Å². The fourth-order valence-electron chi connectivity index (χ4n) is 1.75. The number of aromatic nitrogens is 2. The van der Waals surface area contributed by atoms with Crippen LogP contribution in [0.4, 0.5) is 0 Å². The minimum atomic E-state index is -0.0374. The molecule has 88 valence electrons. The number of aliphatic hydroxyl groups excluding tert-OH is 1. The van der Waals surface area contributed by atoms with E-state index in [-0.39, 0.29) is 6.61 Å². The Morgan fingerprint density at radius 2 is 1.76 bits per heavy atom. The van der Waals surface area contributed by atoms with Crippen molar-refractivity contribution in [1.82, 2.24) is 9.97 Å². The highest BCUT2D eigenvalue weighted by Crippen LogP contribution is 2.09. The number of nitrogens with zero attached hydrogens (tertiary/aromatic N) is 2. The molecule has 0 aliphatic carbocycles. The third kappa shape index (κ3) is 3.11. The van der Waals surface area contributed by atoms with Crippen LogP contribution in [0.1, 0.15) is 28.3 Å². The van der Waals surface area contributed by atoms with Gasteiger partial charge in [0.25, 0.3) is 0 Å². The average molecular weight is 228 g/mol. The SMILES string of the molecule is Cc1ccc(Cc2nc(C)cc(CO)n2)cc1. The van der Waals surface area contributed by atoms with Crippen molar-refractivity contribution in [2.24, 2.45) is 0 Å². The molecule has 3 heteroatoms. The first kappa shape index (κ1) is 11.7. The van der Waals surface area contributed by atoms with Crippen molar-refractivity contribution in [2.75, 3.05) is 0 Å². The number of benzene rings is 1. The van der Waals surface area contributed by atoms with E-state index in [1.807, 2.05) is 6.92 Å². The summed E-state index contributed by atoms with van der Waals surface area (Å²) in [6, 6.07) is 10.1. The van der Waals surface area contributed by atoms with Gasteiger partial charge in [0.15, 0.2) is 0 Å². The van der Waals surface area contributed by atoms with Crippen molar-refractivity contribution in [3.05, 3.63) is 58.7 Å². The van der Waals surface area contributed by atoms with E-state index in [0.717, 1.165) is 11.5 Å². The maximum absolute atomic E-state index is 9.10. The van der Waals surface area contributed by atoms with Crippen molar-refractivity contribution in [2.45, 2.75) is 26.9 Å². The molecule has 0 aliphatic heterocycles. The summed E-state index contributed by atoms with van der Waals surface area (Å²) in [5, 5.41) is 9.10. The van der Waals surface area contributed by atoms with Crippen molar-refractivity contribution in [3.8, 4) is 0 Å². The minimum absolute atomic E-state index is 0.0374. The van der Waals surface area contributed by atoms with Crippen molar-refractivity contribution < 1.29 is 5.11 Å². The molecule has 0 saturated heterocycles. The zero-order chi connectivity index (χ0) is 12.3. The van der Waals surface area contributed by atoms with Gasteiger partial charge in [0.2, 0.25) is 0 Å². The predicted octanol–water partition coefficient (Wildman–Crippen LogP) is 2.18. The third-order valence-electron chi connectivity index (χ3n) is 2.60. The van der Waals surface area contributed by atoms with Gasteiger partial charge in [-0.15, -0.1) is 0 Å². The Morgan fingerprint density at radius 1 is 1.06 bits per heavy atom.